The highest BCUT2D eigenvalue weighted by atomic mass is 19.1. The summed E-state index contributed by atoms with van der Waals surface area (Å²) in [6, 6.07) is 5.59. The fourth-order valence-electron chi connectivity index (χ4n) is 1.83. The minimum atomic E-state index is -0.185. The van der Waals surface area contributed by atoms with Gasteiger partial charge in [-0.05, 0) is 52.8 Å². The highest BCUT2D eigenvalue weighted by Gasteiger charge is 2.11. The molecule has 1 rings (SSSR count). The van der Waals surface area contributed by atoms with E-state index in [9.17, 15) is 4.39 Å². The summed E-state index contributed by atoms with van der Waals surface area (Å²) in [6.07, 6.45) is 0. The first-order valence-electron chi connectivity index (χ1n) is 7.22. The molecule has 3 nitrogen and oxygen atoms in total. The number of benzene rings is 1. The number of hydrogen-bond acceptors (Lipinski definition) is 3. The molecule has 2 N–H and O–H groups in total. The number of anilines is 2. The predicted molar refractivity (Wildman–Crippen MR) is 86.2 cm³/mol. The summed E-state index contributed by atoms with van der Waals surface area (Å²) in [4.78, 5) is 1.93. The second kappa shape index (κ2) is 6.93. The van der Waals surface area contributed by atoms with Gasteiger partial charge in [-0.1, -0.05) is 0 Å². The van der Waals surface area contributed by atoms with Gasteiger partial charge in [-0.15, -0.1) is 0 Å². The van der Waals surface area contributed by atoms with Crippen molar-refractivity contribution in [1.29, 1.82) is 0 Å². The van der Waals surface area contributed by atoms with Crippen molar-refractivity contribution in [2.45, 2.75) is 46.2 Å². The molecule has 0 amide bonds. The van der Waals surface area contributed by atoms with Crippen LogP contribution in [0.15, 0.2) is 18.2 Å². The number of rotatable bonds is 6. The van der Waals surface area contributed by atoms with Gasteiger partial charge in [-0.2, -0.15) is 0 Å². The van der Waals surface area contributed by atoms with Crippen molar-refractivity contribution in [3.05, 3.63) is 24.0 Å². The SMILES string of the molecule is CC(C)N(C)c1ccc(NCCNC(C)(C)C)cc1F. The molecule has 0 bridgehead atoms. The topological polar surface area (TPSA) is 27.3 Å². The van der Waals surface area contributed by atoms with Crippen LogP contribution in [-0.2, 0) is 0 Å². The third-order valence-electron chi connectivity index (χ3n) is 3.21. The normalized spacial score (nSPS) is 11.8. The Bertz CT molecular complexity index is 424. The van der Waals surface area contributed by atoms with E-state index in [4.69, 9.17) is 0 Å². The smallest absolute Gasteiger partial charge is 0.148 e. The second-order valence-corrected chi connectivity index (χ2v) is 6.47. The monoisotopic (exact) mass is 281 g/mol. The first-order valence-corrected chi connectivity index (χ1v) is 7.22. The van der Waals surface area contributed by atoms with Gasteiger partial charge >= 0.3 is 0 Å². The number of nitrogens with one attached hydrogen (secondary N) is 2. The van der Waals surface area contributed by atoms with Gasteiger partial charge in [0.1, 0.15) is 5.82 Å². The molecule has 0 spiro atoms. The van der Waals surface area contributed by atoms with E-state index in [2.05, 4.69) is 31.4 Å². The average Bonchev–Trinajstić information content (AvgIpc) is 2.33. The van der Waals surface area contributed by atoms with Crippen LogP contribution >= 0.6 is 0 Å². The van der Waals surface area contributed by atoms with Crippen LogP contribution in [0.1, 0.15) is 34.6 Å². The van der Waals surface area contributed by atoms with E-state index in [0.717, 1.165) is 18.8 Å². The van der Waals surface area contributed by atoms with Gasteiger partial charge in [0.05, 0.1) is 5.69 Å². The lowest BCUT2D eigenvalue weighted by Crippen LogP contribution is -2.38. The lowest BCUT2D eigenvalue weighted by Gasteiger charge is -2.24. The average molecular weight is 281 g/mol. The molecule has 0 aliphatic rings. The van der Waals surface area contributed by atoms with Crippen molar-refractivity contribution >= 4 is 11.4 Å². The molecule has 0 aromatic heterocycles. The lowest BCUT2D eigenvalue weighted by atomic mass is 10.1. The molecule has 0 heterocycles. The molecule has 0 fully saturated rings. The molecule has 114 valence electrons. The van der Waals surface area contributed by atoms with Gasteiger partial charge in [0, 0.05) is 37.4 Å². The van der Waals surface area contributed by atoms with Crippen molar-refractivity contribution in [2.75, 3.05) is 30.4 Å². The van der Waals surface area contributed by atoms with Gasteiger partial charge < -0.3 is 15.5 Å². The van der Waals surface area contributed by atoms with Gasteiger partial charge in [0.2, 0.25) is 0 Å². The van der Waals surface area contributed by atoms with E-state index in [0.29, 0.717) is 5.69 Å². The first kappa shape index (κ1) is 16.8. The van der Waals surface area contributed by atoms with Crippen LogP contribution in [-0.4, -0.2) is 31.7 Å². The maximum Gasteiger partial charge on any atom is 0.148 e. The Morgan fingerprint density at radius 1 is 1.20 bits per heavy atom. The highest BCUT2D eigenvalue weighted by Crippen LogP contribution is 2.23. The van der Waals surface area contributed by atoms with Crippen molar-refractivity contribution in [3.63, 3.8) is 0 Å². The lowest BCUT2D eigenvalue weighted by molar-refractivity contribution is 0.435. The molecule has 20 heavy (non-hydrogen) atoms. The third-order valence-corrected chi connectivity index (χ3v) is 3.21. The van der Waals surface area contributed by atoms with E-state index in [1.165, 1.54) is 0 Å². The minimum absolute atomic E-state index is 0.108. The number of halogens is 1. The highest BCUT2D eigenvalue weighted by molar-refractivity contribution is 5.56. The summed E-state index contributed by atoms with van der Waals surface area (Å²) in [5.41, 5.74) is 1.56. The third kappa shape index (κ3) is 5.37. The predicted octanol–water partition coefficient (Wildman–Crippen LogP) is 3.47. The standard InChI is InChI=1S/C16H28FN3/c1-12(2)20(6)15-8-7-13(11-14(15)17)18-9-10-19-16(3,4)5/h7-8,11-12,18-19H,9-10H2,1-6H3. The van der Waals surface area contributed by atoms with E-state index >= 15 is 0 Å². The van der Waals surface area contributed by atoms with Crippen LogP contribution in [0.4, 0.5) is 15.8 Å². The Hall–Kier alpha value is -1.29. The van der Waals surface area contributed by atoms with Crippen molar-refractivity contribution in [2.24, 2.45) is 0 Å². The van der Waals surface area contributed by atoms with E-state index in [1.807, 2.05) is 37.9 Å². The van der Waals surface area contributed by atoms with E-state index in [1.54, 1.807) is 6.07 Å². The van der Waals surface area contributed by atoms with Crippen molar-refractivity contribution < 1.29 is 4.39 Å². The Balaban J connectivity index is 2.55. The molecule has 1 aromatic carbocycles. The van der Waals surface area contributed by atoms with Crippen LogP contribution in [0, 0.1) is 5.82 Å². The van der Waals surface area contributed by atoms with Gasteiger partial charge in [0.15, 0.2) is 0 Å². The molecule has 0 aliphatic heterocycles. The molecule has 0 saturated heterocycles. The summed E-state index contributed by atoms with van der Waals surface area (Å²) < 4.78 is 14.1. The first-order chi connectivity index (χ1) is 9.20. The maximum absolute atomic E-state index is 14.1. The molecule has 0 radical (unpaired) electrons. The zero-order valence-corrected chi connectivity index (χ0v) is 13.5. The molecule has 4 heteroatoms. The van der Waals surface area contributed by atoms with Gasteiger partial charge in [-0.3, -0.25) is 0 Å². The van der Waals surface area contributed by atoms with Gasteiger partial charge in [0.25, 0.3) is 0 Å². The van der Waals surface area contributed by atoms with Crippen molar-refractivity contribution in [1.82, 2.24) is 5.32 Å². The van der Waals surface area contributed by atoms with Crippen LogP contribution in [0.2, 0.25) is 0 Å². The molecule has 0 saturated carbocycles. The van der Waals surface area contributed by atoms with Crippen LogP contribution in [0.5, 0.6) is 0 Å². The quantitative estimate of drug-likeness (QED) is 0.782. The molecule has 0 aliphatic carbocycles. The van der Waals surface area contributed by atoms with Crippen LogP contribution < -0.4 is 15.5 Å². The maximum atomic E-state index is 14.1. The summed E-state index contributed by atoms with van der Waals surface area (Å²) in [6.45, 7) is 12.1. The summed E-state index contributed by atoms with van der Waals surface area (Å²) in [5.74, 6) is -0.185. The minimum Gasteiger partial charge on any atom is -0.384 e. The zero-order valence-electron chi connectivity index (χ0n) is 13.5. The summed E-state index contributed by atoms with van der Waals surface area (Å²) in [7, 11) is 1.91. The van der Waals surface area contributed by atoms with Gasteiger partial charge in [-0.25, -0.2) is 4.39 Å². The zero-order chi connectivity index (χ0) is 15.3. The number of nitrogens with zero attached hydrogens (tertiary/aromatic N) is 1. The Labute approximate surface area is 122 Å². The van der Waals surface area contributed by atoms with Crippen LogP contribution in [0.25, 0.3) is 0 Å². The van der Waals surface area contributed by atoms with E-state index < -0.39 is 0 Å². The molecule has 1 aromatic rings. The molecular formula is C16H28FN3. The molecule has 0 atom stereocenters. The van der Waals surface area contributed by atoms with Crippen LogP contribution in [0.3, 0.4) is 0 Å². The summed E-state index contributed by atoms with van der Waals surface area (Å²) in [5, 5.41) is 6.62. The largest absolute Gasteiger partial charge is 0.384 e. The Morgan fingerprint density at radius 2 is 1.85 bits per heavy atom. The fourth-order valence-corrected chi connectivity index (χ4v) is 1.83. The fraction of sp³-hybridized carbons (Fsp3) is 0.625. The van der Waals surface area contributed by atoms with E-state index in [-0.39, 0.29) is 17.4 Å². The molecule has 0 unspecified atom stereocenters. The Morgan fingerprint density at radius 3 is 2.35 bits per heavy atom. The Kier molecular flexibility index (Phi) is 5.81. The van der Waals surface area contributed by atoms with Crippen molar-refractivity contribution in [3.8, 4) is 0 Å². The number of hydrogen-bond donors (Lipinski definition) is 2. The second-order valence-electron chi connectivity index (χ2n) is 6.47. The molecular weight excluding hydrogens is 253 g/mol. The summed E-state index contributed by atoms with van der Waals surface area (Å²) >= 11 is 0.